The van der Waals surface area contributed by atoms with Gasteiger partial charge in [-0.05, 0) is 36.1 Å². The number of hydrogen-bond donors (Lipinski definition) is 2. The lowest BCUT2D eigenvalue weighted by atomic mass is 9.96. The number of nitrogens with one attached hydrogen (secondary N) is 2. The second-order valence-corrected chi connectivity index (χ2v) is 8.17. The molecule has 2 N–H and O–H groups in total. The summed E-state index contributed by atoms with van der Waals surface area (Å²) in [6, 6.07) is 17.7. The van der Waals surface area contributed by atoms with Gasteiger partial charge in [-0.25, -0.2) is 4.39 Å². The van der Waals surface area contributed by atoms with E-state index in [0.717, 1.165) is 44.4 Å². The van der Waals surface area contributed by atoms with Gasteiger partial charge in [-0.15, -0.1) is 0 Å². The summed E-state index contributed by atoms with van der Waals surface area (Å²) in [6.07, 6.45) is 2.40. The number of rotatable bonds is 7. The molecule has 2 aromatic carbocycles. The molecule has 2 fully saturated rings. The van der Waals surface area contributed by atoms with Crippen LogP contribution in [0.1, 0.15) is 30.0 Å². The number of hydrogen-bond acceptors (Lipinski definition) is 3. The molecule has 0 radical (unpaired) electrons. The van der Waals surface area contributed by atoms with Crippen LogP contribution in [-0.2, 0) is 10.2 Å². The summed E-state index contributed by atoms with van der Waals surface area (Å²) in [5.74, 6) is 0.595. The highest BCUT2D eigenvalue weighted by Gasteiger charge is 2.44. The fraction of sp³-hybridized carbons (Fsp3) is 0.458. The van der Waals surface area contributed by atoms with E-state index in [1.165, 1.54) is 30.5 Å². The van der Waals surface area contributed by atoms with Crippen molar-refractivity contribution in [3.63, 3.8) is 0 Å². The topological polar surface area (TPSA) is 48.9 Å². The van der Waals surface area contributed by atoms with Crippen molar-refractivity contribution in [3.05, 3.63) is 71.5 Å². The van der Waals surface area contributed by atoms with E-state index in [9.17, 15) is 4.39 Å². The van der Waals surface area contributed by atoms with Crippen molar-refractivity contribution >= 4 is 5.96 Å². The van der Waals surface area contributed by atoms with E-state index in [-0.39, 0.29) is 17.3 Å². The number of nitrogens with zero attached hydrogens (tertiary/aromatic N) is 2. The minimum Gasteiger partial charge on any atom is -0.379 e. The number of aliphatic imine (C=N–C) groups is 1. The summed E-state index contributed by atoms with van der Waals surface area (Å²) in [4.78, 5) is 6.82. The lowest BCUT2D eigenvalue weighted by molar-refractivity contribution is 0.0170. The Balaban J connectivity index is 1.38. The van der Waals surface area contributed by atoms with Crippen molar-refractivity contribution < 1.29 is 9.13 Å². The molecule has 1 heterocycles. The minimum atomic E-state index is -0.208. The van der Waals surface area contributed by atoms with Gasteiger partial charge in [0.25, 0.3) is 0 Å². The number of morpholine rings is 1. The van der Waals surface area contributed by atoms with E-state index in [2.05, 4.69) is 50.9 Å². The highest BCUT2D eigenvalue weighted by Crippen LogP contribution is 2.47. The zero-order valence-electron chi connectivity index (χ0n) is 17.6. The molecule has 5 nitrogen and oxygen atoms in total. The molecule has 6 heteroatoms. The summed E-state index contributed by atoms with van der Waals surface area (Å²) in [7, 11) is 1.80. The maximum Gasteiger partial charge on any atom is 0.191 e. The second-order valence-electron chi connectivity index (χ2n) is 8.17. The minimum absolute atomic E-state index is 0.136. The fourth-order valence-electron chi connectivity index (χ4n) is 4.21. The number of halogens is 1. The maximum absolute atomic E-state index is 13.4. The molecule has 1 saturated carbocycles. The molecule has 0 amide bonds. The Morgan fingerprint density at radius 1 is 1.07 bits per heavy atom. The molecule has 2 aliphatic rings. The summed E-state index contributed by atoms with van der Waals surface area (Å²) < 4.78 is 19.0. The Kier molecular flexibility index (Phi) is 6.65. The van der Waals surface area contributed by atoms with Gasteiger partial charge in [0, 0.05) is 38.6 Å². The van der Waals surface area contributed by atoms with Crippen molar-refractivity contribution in [1.82, 2.24) is 15.5 Å². The first-order chi connectivity index (χ1) is 14.7. The van der Waals surface area contributed by atoms with Crippen LogP contribution in [0.15, 0.2) is 59.6 Å². The molecule has 0 bridgehead atoms. The number of guanidine groups is 1. The van der Waals surface area contributed by atoms with Crippen molar-refractivity contribution in [1.29, 1.82) is 0 Å². The Bertz CT molecular complexity index is 830. The third-order valence-electron chi connectivity index (χ3n) is 6.26. The van der Waals surface area contributed by atoms with Gasteiger partial charge >= 0.3 is 0 Å². The van der Waals surface area contributed by atoms with Crippen molar-refractivity contribution in [2.45, 2.75) is 24.3 Å². The van der Waals surface area contributed by atoms with Crippen molar-refractivity contribution in [2.24, 2.45) is 4.99 Å². The highest BCUT2D eigenvalue weighted by molar-refractivity contribution is 5.79. The lowest BCUT2D eigenvalue weighted by Crippen LogP contribution is -2.47. The van der Waals surface area contributed by atoms with E-state index in [4.69, 9.17) is 4.74 Å². The molecule has 0 aromatic heterocycles. The summed E-state index contributed by atoms with van der Waals surface area (Å²) in [5.41, 5.74) is 2.72. The third-order valence-corrected chi connectivity index (χ3v) is 6.26. The average molecular weight is 411 g/mol. The van der Waals surface area contributed by atoms with E-state index >= 15 is 0 Å². The number of benzene rings is 2. The predicted octanol–water partition coefficient (Wildman–Crippen LogP) is 3.10. The molecule has 4 rings (SSSR count). The van der Waals surface area contributed by atoms with Gasteiger partial charge in [0.1, 0.15) is 5.82 Å². The average Bonchev–Trinajstić information content (AvgIpc) is 3.60. The largest absolute Gasteiger partial charge is 0.379 e. The molecule has 2 aromatic rings. The molecule has 30 heavy (non-hydrogen) atoms. The molecule has 0 spiro atoms. The van der Waals surface area contributed by atoms with Gasteiger partial charge in [-0.1, -0.05) is 42.5 Å². The molecule has 160 valence electrons. The van der Waals surface area contributed by atoms with Gasteiger partial charge in [-0.2, -0.15) is 0 Å². The maximum atomic E-state index is 13.4. The SMILES string of the molecule is CN=C(NCC(c1ccc(F)cc1)N1CCOCC1)NCC1(c2ccccc2)CC1. The first kappa shape index (κ1) is 20.8. The van der Waals surface area contributed by atoms with Gasteiger partial charge in [0.15, 0.2) is 5.96 Å². The highest BCUT2D eigenvalue weighted by atomic mass is 19.1. The van der Waals surface area contributed by atoms with Crippen LogP contribution < -0.4 is 10.6 Å². The fourth-order valence-corrected chi connectivity index (χ4v) is 4.21. The Morgan fingerprint density at radius 2 is 1.77 bits per heavy atom. The summed E-state index contributed by atoms with van der Waals surface area (Å²) in [5, 5.41) is 7.02. The summed E-state index contributed by atoms with van der Waals surface area (Å²) in [6.45, 7) is 4.76. The first-order valence-corrected chi connectivity index (χ1v) is 10.8. The van der Waals surface area contributed by atoms with Gasteiger partial charge in [0.05, 0.1) is 19.3 Å². The molecule has 1 saturated heterocycles. The quantitative estimate of drug-likeness (QED) is 0.544. The number of ether oxygens (including phenoxy) is 1. The van der Waals surface area contributed by atoms with Crippen LogP contribution in [0.5, 0.6) is 0 Å². The van der Waals surface area contributed by atoms with E-state index in [1.54, 1.807) is 7.05 Å². The predicted molar refractivity (Wildman–Crippen MR) is 118 cm³/mol. The molecular formula is C24H31FN4O. The molecular weight excluding hydrogens is 379 g/mol. The second kappa shape index (κ2) is 9.58. The van der Waals surface area contributed by atoms with E-state index in [0.29, 0.717) is 6.54 Å². The van der Waals surface area contributed by atoms with Crippen LogP contribution in [0.4, 0.5) is 4.39 Å². The van der Waals surface area contributed by atoms with Gasteiger partial charge < -0.3 is 15.4 Å². The lowest BCUT2D eigenvalue weighted by Gasteiger charge is -2.35. The van der Waals surface area contributed by atoms with E-state index in [1.807, 2.05) is 12.1 Å². The van der Waals surface area contributed by atoms with Gasteiger partial charge in [-0.3, -0.25) is 9.89 Å². The van der Waals surface area contributed by atoms with Crippen molar-refractivity contribution in [3.8, 4) is 0 Å². The smallest absolute Gasteiger partial charge is 0.191 e. The molecule has 1 aliphatic heterocycles. The zero-order chi connectivity index (χ0) is 20.8. The van der Waals surface area contributed by atoms with Crippen LogP contribution >= 0.6 is 0 Å². The molecule has 1 unspecified atom stereocenters. The van der Waals surface area contributed by atoms with Crippen LogP contribution in [0.25, 0.3) is 0 Å². The summed E-state index contributed by atoms with van der Waals surface area (Å²) >= 11 is 0. The van der Waals surface area contributed by atoms with Crippen molar-refractivity contribution in [2.75, 3.05) is 46.4 Å². The Hall–Kier alpha value is -2.44. The molecule has 1 atom stereocenters. The monoisotopic (exact) mass is 410 g/mol. The Morgan fingerprint density at radius 3 is 2.40 bits per heavy atom. The van der Waals surface area contributed by atoms with Crippen LogP contribution in [0.2, 0.25) is 0 Å². The third kappa shape index (κ3) is 4.99. The molecule has 1 aliphatic carbocycles. The zero-order valence-corrected chi connectivity index (χ0v) is 17.6. The van der Waals surface area contributed by atoms with Gasteiger partial charge in [0.2, 0.25) is 0 Å². The van der Waals surface area contributed by atoms with Crippen LogP contribution in [-0.4, -0.2) is 57.3 Å². The normalized spacial score (nSPS) is 19.9. The Labute approximate surface area is 178 Å². The van der Waals surface area contributed by atoms with Crippen LogP contribution in [0.3, 0.4) is 0 Å². The standard InChI is InChI=1S/C24H31FN4O/c1-26-23(28-18-24(11-12-24)20-5-3-2-4-6-20)27-17-22(29-13-15-30-16-14-29)19-7-9-21(25)10-8-19/h2-10,22H,11-18H2,1H3,(H2,26,27,28). The van der Waals surface area contributed by atoms with Crippen LogP contribution in [0, 0.1) is 5.82 Å². The first-order valence-electron chi connectivity index (χ1n) is 10.8. The van der Waals surface area contributed by atoms with E-state index < -0.39 is 0 Å².